The monoisotopic (exact) mass is 393 g/mol. The number of methoxy groups -OCH3 is 2. The minimum Gasteiger partial charge on any atom is -0.497 e. The molecular weight excluding hydrogens is 370 g/mol. The number of carbonyl (C=O) groups is 2. The third-order valence-corrected chi connectivity index (χ3v) is 4.55. The smallest absolute Gasteiger partial charge is 0.339 e. The average molecular weight is 393 g/mol. The molecular formula is C23H23NO5. The Morgan fingerprint density at radius 1 is 0.966 bits per heavy atom. The lowest BCUT2D eigenvalue weighted by Crippen LogP contribution is -2.28. The number of ether oxygens (including phenoxy) is 3. The second kappa shape index (κ2) is 9.21. The van der Waals surface area contributed by atoms with E-state index >= 15 is 0 Å². The van der Waals surface area contributed by atoms with Crippen LogP contribution in [0.25, 0.3) is 10.8 Å². The van der Waals surface area contributed by atoms with E-state index in [1.165, 1.54) is 7.11 Å². The van der Waals surface area contributed by atoms with E-state index in [0.29, 0.717) is 11.3 Å². The van der Waals surface area contributed by atoms with Gasteiger partial charge in [0.1, 0.15) is 11.9 Å². The Hall–Kier alpha value is -3.38. The molecule has 0 saturated carbocycles. The largest absolute Gasteiger partial charge is 0.497 e. The zero-order valence-electron chi connectivity index (χ0n) is 16.6. The fourth-order valence-corrected chi connectivity index (χ4v) is 2.92. The summed E-state index contributed by atoms with van der Waals surface area (Å²) in [6.45, 7) is 1.92. The maximum atomic E-state index is 12.6. The maximum Gasteiger partial charge on any atom is 0.339 e. The highest BCUT2D eigenvalue weighted by molar-refractivity contribution is 6.06. The first-order valence-corrected chi connectivity index (χ1v) is 9.18. The van der Waals surface area contributed by atoms with Gasteiger partial charge in [0.05, 0.1) is 32.1 Å². The Morgan fingerprint density at radius 2 is 1.69 bits per heavy atom. The SMILES string of the molecule is COC(=O)c1cc2ccccc2cc1NC(=O)C(C)OCc1cccc(OC)c1. The van der Waals surface area contributed by atoms with Crippen LogP contribution in [0.5, 0.6) is 5.75 Å². The summed E-state index contributed by atoms with van der Waals surface area (Å²) in [5, 5.41) is 4.57. The highest BCUT2D eigenvalue weighted by Gasteiger charge is 2.19. The average Bonchev–Trinajstić information content (AvgIpc) is 2.76. The van der Waals surface area contributed by atoms with Crippen molar-refractivity contribution in [1.29, 1.82) is 0 Å². The van der Waals surface area contributed by atoms with Crippen molar-refractivity contribution in [3.8, 4) is 5.75 Å². The summed E-state index contributed by atoms with van der Waals surface area (Å²) in [7, 11) is 2.90. The summed E-state index contributed by atoms with van der Waals surface area (Å²) in [6.07, 6.45) is -0.724. The number of amides is 1. The molecule has 3 aromatic carbocycles. The normalized spacial score (nSPS) is 11.7. The lowest BCUT2D eigenvalue weighted by atomic mass is 10.0. The molecule has 0 heterocycles. The molecule has 1 amide bonds. The minimum atomic E-state index is -0.724. The lowest BCUT2D eigenvalue weighted by Gasteiger charge is -2.16. The molecule has 3 rings (SSSR count). The standard InChI is InChI=1S/C23H23NO5/c1-15(29-14-16-7-6-10-19(11-16)27-2)22(25)24-21-13-18-9-5-4-8-17(18)12-20(21)23(26)28-3/h4-13,15H,14H2,1-3H3,(H,24,25). The number of hydrogen-bond donors (Lipinski definition) is 1. The molecule has 6 heteroatoms. The van der Waals surface area contributed by atoms with E-state index in [9.17, 15) is 9.59 Å². The number of benzene rings is 3. The topological polar surface area (TPSA) is 73.9 Å². The molecule has 1 unspecified atom stereocenters. The van der Waals surface area contributed by atoms with E-state index in [-0.39, 0.29) is 12.5 Å². The number of carbonyl (C=O) groups excluding carboxylic acids is 2. The van der Waals surface area contributed by atoms with Gasteiger partial charge in [-0.05, 0) is 47.5 Å². The molecule has 0 aliphatic rings. The Morgan fingerprint density at radius 3 is 2.38 bits per heavy atom. The van der Waals surface area contributed by atoms with Crippen LogP contribution < -0.4 is 10.1 Å². The Balaban J connectivity index is 1.74. The van der Waals surface area contributed by atoms with Crippen molar-refractivity contribution < 1.29 is 23.8 Å². The first-order chi connectivity index (χ1) is 14.0. The number of hydrogen-bond acceptors (Lipinski definition) is 5. The molecule has 29 heavy (non-hydrogen) atoms. The van der Waals surface area contributed by atoms with Crippen molar-refractivity contribution in [2.24, 2.45) is 0 Å². The summed E-state index contributed by atoms with van der Waals surface area (Å²) in [5.74, 6) is -0.147. The second-order valence-corrected chi connectivity index (χ2v) is 6.53. The van der Waals surface area contributed by atoms with Crippen LogP contribution in [0.2, 0.25) is 0 Å². The van der Waals surface area contributed by atoms with Gasteiger partial charge in [-0.15, -0.1) is 0 Å². The van der Waals surface area contributed by atoms with Gasteiger partial charge in [0.15, 0.2) is 0 Å². The Kier molecular flexibility index (Phi) is 6.46. The quantitative estimate of drug-likeness (QED) is 0.610. The molecule has 0 aliphatic heterocycles. The molecule has 6 nitrogen and oxygen atoms in total. The van der Waals surface area contributed by atoms with Crippen LogP contribution in [0.1, 0.15) is 22.8 Å². The van der Waals surface area contributed by atoms with Gasteiger partial charge in [0.25, 0.3) is 5.91 Å². The number of rotatable bonds is 7. The summed E-state index contributed by atoms with van der Waals surface area (Å²) in [4.78, 5) is 24.8. The molecule has 0 fully saturated rings. The second-order valence-electron chi connectivity index (χ2n) is 6.53. The summed E-state index contributed by atoms with van der Waals surface area (Å²) >= 11 is 0. The third-order valence-electron chi connectivity index (χ3n) is 4.55. The summed E-state index contributed by atoms with van der Waals surface area (Å²) in [6, 6.07) is 18.5. The fourth-order valence-electron chi connectivity index (χ4n) is 2.92. The van der Waals surface area contributed by atoms with Crippen molar-refractivity contribution in [3.63, 3.8) is 0 Å². The zero-order valence-corrected chi connectivity index (χ0v) is 16.6. The van der Waals surface area contributed by atoms with Crippen LogP contribution >= 0.6 is 0 Å². The number of nitrogens with one attached hydrogen (secondary N) is 1. The van der Waals surface area contributed by atoms with Crippen molar-refractivity contribution in [2.45, 2.75) is 19.6 Å². The summed E-state index contributed by atoms with van der Waals surface area (Å²) < 4.78 is 15.7. The van der Waals surface area contributed by atoms with E-state index in [1.54, 1.807) is 26.2 Å². The van der Waals surface area contributed by atoms with Crippen molar-refractivity contribution >= 4 is 28.3 Å². The van der Waals surface area contributed by atoms with Gasteiger partial charge in [0.2, 0.25) is 0 Å². The van der Waals surface area contributed by atoms with E-state index < -0.39 is 12.1 Å². The molecule has 0 aromatic heterocycles. The fraction of sp³-hybridized carbons (Fsp3) is 0.217. The first-order valence-electron chi connectivity index (χ1n) is 9.18. The van der Waals surface area contributed by atoms with Gasteiger partial charge in [-0.2, -0.15) is 0 Å². The van der Waals surface area contributed by atoms with Gasteiger partial charge < -0.3 is 19.5 Å². The van der Waals surface area contributed by atoms with E-state index in [1.807, 2.05) is 48.5 Å². The molecule has 1 N–H and O–H groups in total. The predicted octanol–water partition coefficient (Wildman–Crippen LogP) is 4.18. The highest BCUT2D eigenvalue weighted by atomic mass is 16.5. The Labute approximate surface area is 169 Å². The van der Waals surface area contributed by atoms with Crippen LogP contribution in [-0.2, 0) is 20.9 Å². The molecule has 1 atom stereocenters. The number of esters is 1. The van der Waals surface area contributed by atoms with Crippen LogP contribution in [0.3, 0.4) is 0 Å². The van der Waals surface area contributed by atoms with Crippen LogP contribution in [0.15, 0.2) is 60.7 Å². The molecule has 150 valence electrons. The van der Waals surface area contributed by atoms with E-state index in [4.69, 9.17) is 14.2 Å². The van der Waals surface area contributed by atoms with Crippen molar-refractivity contribution in [3.05, 3.63) is 71.8 Å². The third kappa shape index (κ3) is 4.92. The molecule has 0 saturated heterocycles. The van der Waals surface area contributed by atoms with Crippen molar-refractivity contribution in [1.82, 2.24) is 0 Å². The molecule has 0 aliphatic carbocycles. The summed E-state index contributed by atoms with van der Waals surface area (Å²) in [5.41, 5.74) is 1.57. The van der Waals surface area contributed by atoms with Gasteiger partial charge in [0, 0.05) is 0 Å². The van der Waals surface area contributed by atoms with Gasteiger partial charge in [-0.1, -0.05) is 36.4 Å². The van der Waals surface area contributed by atoms with Gasteiger partial charge in [-0.25, -0.2) is 4.79 Å². The van der Waals surface area contributed by atoms with E-state index in [0.717, 1.165) is 22.1 Å². The molecule has 0 spiro atoms. The predicted molar refractivity (Wildman–Crippen MR) is 111 cm³/mol. The van der Waals surface area contributed by atoms with Crippen LogP contribution in [0.4, 0.5) is 5.69 Å². The van der Waals surface area contributed by atoms with Crippen LogP contribution in [-0.4, -0.2) is 32.2 Å². The number of anilines is 1. The molecule has 0 radical (unpaired) electrons. The zero-order chi connectivity index (χ0) is 20.8. The maximum absolute atomic E-state index is 12.6. The molecule has 0 bridgehead atoms. The van der Waals surface area contributed by atoms with Gasteiger partial charge >= 0.3 is 5.97 Å². The molecule has 3 aromatic rings. The highest BCUT2D eigenvalue weighted by Crippen LogP contribution is 2.25. The van der Waals surface area contributed by atoms with Gasteiger partial charge in [-0.3, -0.25) is 4.79 Å². The Bertz CT molecular complexity index is 1030. The lowest BCUT2D eigenvalue weighted by molar-refractivity contribution is -0.127. The van der Waals surface area contributed by atoms with E-state index in [2.05, 4.69) is 5.32 Å². The van der Waals surface area contributed by atoms with Crippen molar-refractivity contribution in [2.75, 3.05) is 19.5 Å². The first kappa shape index (κ1) is 20.4. The minimum absolute atomic E-state index is 0.257. The number of fused-ring (bicyclic) bond motifs is 1. The van der Waals surface area contributed by atoms with Crippen LogP contribution in [0, 0.1) is 0 Å².